The lowest BCUT2D eigenvalue weighted by molar-refractivity contribution is -0.137. The van der Waals surface area contributed by atoms with Crippen LogP contribution in [0.2, 0.25) is 0 Å². The molecule has 2 aliphatic heterocycles. The predicted octanol–water partition coefficient (Wildman–Crippen LogP) is 3.71. The fourth-order valence-corrected chi connectivity index (χ4v) is 6.13. The topological polar surface area (TPSA) is 66.9 Å². The summed E-state index contributed by atoms with van der Waals surface area (Å²) in [5.41, 5.74) is 0.00229. The number of halogens is 3. The molecule has 0 spiro atoms. The highest BCUT2D eigenvalue weighted by Crippen LogP contribution is 2.37. The Morgan fingerprint density at radius 3 is 2.39 bits per heavy atom. The van der Waals surface area contributed by atoms with Crippen molar-refractivity contribution in [2.45, 2.75) is 31.7 Å². The second-order valence-corrected chi connectivity index (χ2v) is 9.77. The van der Waals surface area contributed by atoms with Crippen LogP contribution in [0.25, 0.3) is 0 Å². The highest BCUT2D eigenvalue weighted by atomic mass is 32.2. The van der Waals surface area contributed by atoms with Crippen LogP contribution in [0.4, 0.5) is 23.7 Å². The largest absolute Gasteiger partial charge is 0.494 e. The van der Waals surface area contributed by atoms with Crippen molar-refractivity contribution in [1.29, 1.82) is 0 Å². The van der Waals surface area contributed by atoms with E-state index in [1.54, 1.807) is 24.3 Å². The van der Waals surface area contributed by atoms with Crippen LogP contribution >= 0.6 is 0 Å². The van der Waals surface area contributed by atoms with Gasteiger partial charge in [0.1, 0.15) is 5.75 Å². The van der Waals surface area contributed by atoms with Gasteiger partial charge in [-0.05, 0) is 48.9 Å². The standard InChI is InChI=1S/C21H21F3N2O4S/c1-2-30-17-8-6-16(7-9-17)26-19-13-31(28,29)12-18(19)25(20(26)27)11-14-4-3-5-15(10-14)21(22,23)24/h3-10,18-19H,2,11-13H2,1H3. The highest BCUT2D eigenvalue weighted by Gasteiger charge is 2.53. The van der Waals surface area contributed by atoms with Gasteiger partial charge in [-0.2, -0.15) is 13.2 Å². The number of hydrogen-bond donors (Lipinski definition) is 0. The van der Waals surface area contributed by atoms with E-state index in [0.717, 1.165) is 12.1 Å². The maximum Gasteiger partial charge on any atom is 0.416 e. The molecule has 2 unspecified atom stereocenters. The summed E-state index contributed by atoms with van der Waals surface area (Å²) in [4.78, 5) is 16.0. The number of hydrogen-bond acceptors (Lipinski definition) is 4. The van der Waals surface area contributed by atoms with Crippen molar-refractivity contribution in [3.05, 3.63) is 59.7 Å². The first kappa shape index (κ1) is 21.5. The van der Waals surface area contributed by atoms with Crippen LogP contribution in [0.3, 0.4) is 0 Å². The summed E-state index contributed by atoms with van der Waals surface area (Å²) in [7, 11) is -3.38. The molecular formula is C21H21F3N2O4S. The van der Waals surface area contributed by atoms with Gasteiger partial charge in [0, 0.05) is 12.2 Å². The number of ether oxygens (including phenoxy) is 1. The monoisotopic (exact) mass is 454 g/mol. The highest BCUT2D eigenvalue weighted by molar-refractivity contribution is 7.91. The minimum absolute atomic E-state index is 0.104. The molecule has 0 aromatic heterocycles. The molecule has 0 aliphatic carbocycles. The first-order valence-electron chi connectivity index (χ1n) is 9.78. The maximum atomic E-state index is 13.2. The molecular weight excluding hydrogens is 433 g/mol. The molecule has 2 aromatic carbocycles. The molecule has 2 aromatic rings. The van der Waals surface area contributed by atoms with Crippen LogP contribution in [0.15, 0.2) is 48.5 Å². The van der Waals surface area contributed by atoms with Gasteiger partial charge >= 0.3 is 12.2 Å². The van der Waals surface area contributed by atoms with Crippen molar-refractivity contribution < 1.29 is 31.1 Å². The predicted molar refractivity (Wildman–Crippen MR) is 109 cm³/mol. The summed E-state index contributed by atoms with van der Waals surface area (Å²) in [6, 6.07) is 9.84. The van der Waals surface area contributed by atoms with Crippen LogP contribution in [0.5, 0.6) is 5.75 Å². The molecule has 2 heterocycles. The van der Waals surface area contributed by atoms with Gasteiger partial charge in [-0.1, -0.05) is 12.1 Å². The molecule has 166 valence electrons. The Balaban J connectivity index is 1.65. The molecule has 2 fully saturated rings. The number of anilines is 1. The average molecular weight is 454 g/mol. The van der Waals surface area contributed by atoms with Crippen LogP contribution in [-0.2, 0) is 22.6 Å². The van der Waals surface area contributed by atoms with Crippen molar-refractivity contribution in [3.8, 4) is 5.75 Å². The summed E-state index contributed by atoms with van der Waals surface area (Å²) < 4.78 is 69.2. The van der Waals surface area contributed by atoms with E-state index >= 15 is 0 Å². The van der Waals surface area contributed by atoms with Gasteiger partial charge in [0.25, 0.3) is 0 Å². The molecule has 4 rings (SSSR count). The fraction of sp³-hybridized carbons (Fsp3) is 0.381. The molecule has 0 saturated carbocycles. The van der Waals surface area contributed by atoms with Gasteiger partial charge in [-0.15, -0.1) is 0 Å². The average Bonchev–Trinajstić information content (AvgIpc) is 3.13. The Morgan fingerprint density at radius 2 is 1.74 bits per heavy atom. The Kier molecular flexibility index (Phi) is 5.36. The second-order valence-electron chi connectivity index (χ2n) is 7.62. The van der Waals surface area contributed by atoms with Gasteiger partial charge in [0.2, 0.25) is 0 Å². The molecule has 2 saturated heterocycles. The lowest BCUT2D eigenvalue weighted by Crippen LogP contribution is -2.37. The maximum absolute atomic E-state index is 13.2. The van der Waals surface area contributed by atoms with Gasteiger partial charge in [-0.3, -0.25) is 4.90 Å². The summed E-state index contributed by atoms with van der Waals surface area (Å²) in [5, 5.41) is 0. The minimum atomic E-state index is -4.50. The van der Waals surface area contributed by atoms with Crippen LogP contribution < -0.4 is 9.64 Å². The number of nitrogens with zero attached hydrogens (tertiary/aromatic N) is 2. The van der Waals surface area contributed by atoms with Gasteiger partial charge in [-0.25, -0.2) is 13.2 Å². The number of fused-ring (bicyclic) bond motifs is 1. The fourth-order valence-electron chi connectivity index (χ4n) is 4.18. The van der Waals surface area contributed by atoms with Gasteiger partial charge in [0.15, 0.2) is 9.84 Å². The first-order chi connectivity index (χ1) is 14.6. The third-order valence-electron chi connectivity index (χ3n) is 5.51. The molecule has 0 N–H and O–H groups in total. The first-order valence-corrected chi connectivity index (χ1v) is 11.6. The molecule has 2 aliphatic rings. The number of sulfone groups is 1. The van der Waals surface area contributed by atoms with Crippen molar-refractivity contribution in [2.75, 3.05) is 23.0 Å². The Labute approximate surface area is 178 Å². The number of alkyl halides is 3. The van der Waals surface area contributed by atoms with E-state index in [1.165, 1.54) is 21.9 Å². The minimum Gasteiger partial charge on any atom is -0.494 e. The molecule has 6 nitrogen and oxygen atoms in total. The molecule has 2 atom stereocenters. The zero-order chi connectivity index (χ0) is 22.4. The number of carbonyl (C=O) groups excluding carboxylic acids is 1. The Hall–Kier alpha value is -2.75. The number of benzene rings is 2. The molecule has 10 heteroatoms. The summed E-state index contributed by atoms with van der Waals surface area (Å²) >= 11 is 0. The van der Waals surface area contributed by atoms with Crippen molar-refractivity contribution >= 4 is 21.6 Å². The van der Waals surface area contributed by atoms with E-state index in [9.17, 15) is 26.4 Å². The summed E-state index contributed by atoms with van der Waals surface area (Å²) in [6.45, 7) is 2.22. The molecule has 2 amide bonds. The zero-order valence-electron chi connectivity index (χ0n) is 16.7. The van der Waals surface area contributed by atoms with Gasteiger partial charge in [0.05, 0.1) is 35.8 Å². The van der Waals surface area contributed by atoms with E-state index in [-0.39, 0.29) is 18.1 Å². The third kappa shape index (κ3) is 4.21. The van der Waals surface area contributed by atoms with Crippen molar-refractivity contribution in [1.82, 2.24) is 4.90 Å². The Bertz CT molecular complexity index is 1090. The van der Waals surface area contributed by atoms with Crippen LogP contribution in [0, 0.1) is 0 Å². The summed E-state index contributed by atoms with van der Waals surface area (Å²) in [6.07, 6.45) is -4.50. The number of amides is 2. The van der Waals surface area contributed by atoms with E-state index in [0.29, 0.717) is 23.6 Å². The van der Waals surface area contributed by atoms with E-state index < -0.39 is 39.7 Å². The van der Waals surface area contributed by atoms with Gasteiger partial charge < -0.3 is 9.64 Å². The van der Waals surface area contributed by atoms with E-state index in [4.69, 9.17) is 4.74 Å². The van der Waals surface area contributed by atoms with Crippen molar-refractivity contribution in [2.24, 2.45) is 0 Å². The zero-order valence-corrected chi connectivity index (χ0v) is 17.5. The number of rotatable bonds is 5. The van der Waals surface area contributed by atoms with E-state index in [2.05, 4.69) is 0 Å². The van der Waals surface area contributed by atoms with Crippen molar-refractivity contribution in [3.63, 3.8) is 0 Å². The molecule has 31 heavy (non-hydrogen) atoms. The Morgan fingerprint density at radius 1 is 1.06 bits per heavy atom. The lowest BCUT2D eigenvalue weighted by atomic mass is 10.1. The quantitative estimate of drug-likeness (QED) is 0.646. The second kappa shape index (κ2) is 7.74. The normalized spacial score (nSPS) is 22.6. The number of urea groups is 1. The van der Waals surface area contributed by atoms with Crippen LogP contribution in [-0.4, -0.2) is 49.5 Å². The number of carbonyl (C=O) groups is 1. The lowest BCUT2D eigenvalue weighted by Gasteiger charge is -2.23. The molecule has 0 bridgehead atoms. The summed E-state index contributed by atoms with van der Waals surface area (Å²) in [5.74, 6) is 0.223. The molecule has 0 radical (unpaired) electrons. The SMILES string of the molecule is CCOc1ccc(N2C(=O)N(Cc3cccc(C(F)(F)F)c3)C3CS(=O)(=O)CC32)cc1. The van der Waals surface area contributed by atoms with Crippen LogP contribution in [0.1, 0.15) is 18.1 Å². The smallest absolute Gasteiger partial charge is 0.416 e. The third-order valence-corrected chi connectivity index (χ3v) is 7.21. The van der Waals surface area contributed by atoms with E-state index in [1.807, 2.05) is 6.92 Å².